The number of anilines is 1. The van der Waals surface area contributed by atoms with E-state index < -0.39 is 0 Å². The molecule has 1 amide bonds. The molecule has 0 bridgehead atoms. The number of nitrogens with one attached hydrogen (secondary N) is 1. The molecule has 0 saturated carbocycles. The maximum absolute atomic E-state index is 12.3. The molecular weight excluding hydrogens is 342 g/mol. The molecule has 1 N–H and O–H groups in total. The van der Waals surface area contributed by atoms with Gasteiger partial charge in [-0.1, -0.05) is 19.1 Å². The summed E-state index contributed by atoms with van der Waals surface area (Å²) in [5.74, 6) is -0.0684. The van der Waals surface area contributed by atoms with Crippen molar-refractivity contribution in [3.63, 3.8) is 0 Å². The van der Waals surface area contributed by atoms with Crippen molar-refractivity contribution in [2.75, 3.05) is 44.3 Å². The minimum Gasteiger partial charge on any atom is -0.322 e. The van der Waals surface area contributed by atoms with Gasteiger partial charge >= 0.3 is 0 Å². The molecule has 0 radical (unpaired) electrons. The van der Waals surface area contributed by atoms with Crippen LogP contribution in [0.25, 0.3) is 0 Å². The number of amides is 1. The summed E-state index contributed by atoms with van der Waals surface area (Å²) >= 11 is 1.67. The van der Waals surface area contributed by atoms with Crippen molar-refractivity contribution in [1.29, 1.82) is 0 Å². The van der Waals surface area contributed by atoms with E-state index in [-0.39, 0.29) is 5.91 Å². The van der Waals surface area contributed by atoms with E-state index >= 15 is 0 Å². The molecule has 2 aromatic carbocycles. The van der Waals surface area contributed by atoms with Gasteiger partial charge in [-0.15, -0.1) is 11.8 Å². The molecule has 138 valence electrons. The van der Waals surface area contributed by atoms with Crippen LogP contribution >= 0.6 is 11.8 Å². The predicted molar refractivity (Wildman–Crippen MR) is 110 cm³/mol. The van der Waals surface area contributed by atoms with Gasteiger partial charge in [0.1, 0.15) is 0 Å². The monoisotopic (exact) mass is 369 g/mol. The highest BCUT2D eigenvalue weighted by molar-refractivity contribution is 7.98. The summed E-state index contributed by atoms with van der Waals surface area (Å²) in [5, 5.41) is 2.97. The summed E-state index contributed by atoms with van der Waals surface area (Å²) in [6.07, 6.45) is 2.03. The number of carbonyl (C=O) groups excluding carboxylic acids is 1. The minimum atomic E-state index is -0.0684. The van der Waals surface area contributed by atoms with Gasteiger partial charge in [0.25, 0.3) is 5.91 Å². The van der Waals surface area contributed by atoms with Crippen LogP contribution in [0.5, 0.6) is 0 Å². The first-order valence-corrected chi connectivity index (χ1v) is 10.4. The van der Waals surface area contributed by atoms with E-state index in [1.165, 1.54) is 5.56 Å². The Morgan fingerprint density at radius 1 is 0.962 bits per heavy atom. The van der Waals surface area contributed by atoms with Crippen LogP contribution < -0.4 is 5.32 Å². The molecule has 1 saturated heterocycles. The highest BCUT2D eigenvalue weighted by Gasteiger charge is 2.15. The lowest BCUT2D eigenvalue weighted by molar-refractivity contribution is 0.102. The van der Waals surface area contributed by atoms with Gasteiger partial charge in [-0.25, -0.2) is 0 Å². The highest BCUT2D eigenvalue weighted by atomic mass is 32.2. The van der Waals surface area contributed by atoms with E-state index in [0.717, 1.165) is 49.9 Å². The van der Waals surface area contributed by atoms with Crippen molar-refractivity contribution in [2.45, 2.75) is 18.4 Å². The molecule has 1 aliphatic rings. The molecule has 0 aliphatic carbocycles. The van der Waals surface area contributed by atoms with Gasteiger partial charge in [-0.2, -0.15) is 0 Å². The molecule has 0 atom stereocenters. The van der Waals surface area contributed by atoms with Crippen molar-refractivity contribution < 1.29 is 4.79 Å². The Morgan fingerprint density at radius 2 is 1.58 bits per heavy atom. The molecule has 1 heterocycles. The van der Waals surface area contributed by atoms with Crippen LogP contribution in [0.2, 0.25) is 0 Å². The zero-order chi connectivity index (χ0) is 18.4. The van der Waals surface area contributed by atoms with E-state index in [2.05, 4.69) is 34.2 Å². The van der Waals surface area contributed by atoms with Crippen molar-refractivity contribution in [3.05, 3.63) is 59.7 Å². The summed E-state index contributed by atoms with van der Waals surface area (Å²) < 4.78 is 0. The third kappa shape index (κ3) is 5.10. The number of hydrogen-bond acceptors (Lipinski definition) is 4. The number of hydrogen-bond donors (Lipinski definition) is 1. The first-order chi connectivity index (χ1) is 12.7. The predicted octanol–water partition coefficient (Wildman–Crippen LogP) is 3.80. The number of benzene rings is 2. The standard InChI is InChI=1S/C21H27N3OS/c1-3-23-12-14-24(15-13-23)16-17-4-8-19(9-5-17)22-21(25)18-6-10-20(26-2)11-7-18/h4-11H,3,12-16H2,1-2H3,(H,22,25). The maximum Gasteiger partial charge on any atom is 0.255 e. The lowest BCUT2D eigenvalue weighted by Gasteiger charge is -2.34. The number of carbonyl (C=O) groups is 1. The average molecular weight is 370 g/mol. The van der Waals surface area contributed by atoms with Crippen molar-refractivity contribution in [3.8, 4) is 0 Å². The SMILES string of the molecule is CCN1CCN(Cc2ccc(NC(=O)c3ccc(SC)cc3)cc2)CC1. The second-order valence-corrected chi connectivity index (χ2v) is 7.47. The zero-order valence-corrected chi connectivity index (χ0v) is 16.4. The van der Waals surface area contributed by atoms with Gasteiger partial charge in [-0.3, -0.25) is 9.69 Å². The largest absolute Gasteiger partial charge is 0.322 e. The van der Waals surface area contributed by atoms with Crippen LogP contribution in [0.3, 0.4) is 0 Å². The molecule has 1 aliphatic heterocycles. The quantitative estimate of drug-likeness (QED) is 0.786. The first-order valence-electron chi connectivity index (χ1n) is 9.17. The number of thioether (sulfide) groups is 1. The summed E-state index contributed by atoms with van der Waals surface area (Å²) in [6.45, 7) is 8.89. The van der Waals surface area contributed by atoms with Gasteiger partial charge in [0.05, 0.1) is 0 Å². The smallest absolute Gasteiger partial charge is 0.255 e. The van der Waals surface area contributed by atoms with Gasteiger partial charge < -0.3 is 10.2 Å². The van der Waals surface area contributed by atoms with Crippen LogP contribution in [0.1, 0.15) is 22.8 Å². The Morgan fingerprint density at radius 3 is 2.15 bits per heavy atom. The number of rotatable bonds is 6. The summed E-state index contributed by atoms with van der Waals surface area (Å²) in [6, 6.07) is 15.9. The maximum atomic E-state index is 12.3. The van der Waals surface area contributed by atoms with Gasteiger partial charge in [0.2, 0.25) is 0 Å². The van der Waals surface area contributed by atoms with Gasteiger partial charge in [0.15, 0.2) is 0 Å². The average Bonchev–Trinajstić information content (AvgIpc) is 2.70. The highest BCUT2D eigenvalue weighted by Crippen LogP contribution is 2.17. The summed E-state index contributed by atoms with van der Waals surface area (Å²) in [5.41, 5.74) is 2.81. The molecule has 2 aromatic rings. The Bertz CT molecular complexity index is 707. The van der Waals surface area contributed by atoms with E-state index in [0.29, 0.717) is 5.56 Å². The molecule has 0 spiro atoms. The molecule has 26 heavy (non-hydrogen) atoms. The second kappa shape index (κ2) is 9.21. The molecule has 3 rings (SSSR count). The van der Waals surface area contributed by atoms with Crippen molar-refractivity contribution >= 4 is 23.4 Å². The Balaban J connectivity index is 1.53. The summed E-state index contributed by atoms with van der Waals surface area (Å²) in [7, 11) is 0. The van der Waals surface area contributed by atoms with Crippen LogP contribution in [0.4, 0.5) is 5.69 Å². The van der Waals surface area contributed by atoms with E-state index in [1.807, 2.05) is 42.7 Å². The Labute approximate surface area is 160 Å². The minimum absolute atomic E-state index is 0.0684. The van der Waals surface area contributed by atoms with E-state index in [9.17, 15) is 4.79 Å². The third-order valence-electron chi connectivity index (χ3n) is 4.88. The molecule has 4 nitrogen and oxygen atoms in total. The fourth-order valence-electron chi connectivity index (χ4n) is 3.16. The lowest BCUT2D eigenvalue weighted by atomic mass is 10.1. The fraction of sp³-hybridized carbons (Fsp3) is 0.381. The van der Waals surface area contributed by atoms with Crippen LogP contribution in [-0.2, 0) is 6.54 Å². The van der Waals surface area contributed by atoms with Crippen LogP contribution in [0, 0.1) is 0 Å². The first kappa shape index (κ1) is 19.0. The zero-order valence-electron chi connectivity index (χ0n) is 15.6. The lowest BCUT2D eigenvalue weighted by Crippen LogP contribution is -2.45. The Kier molecular flexibility index (Phi) is 6.72. The van der Waals surface area contributed by atoms with Crippen molar-refractivity contribution in [1.82, 2.24) is 9.80 Å². The van der Waals surface area contributed by atoms with Gasteiger partial charge in [-0.05, 0) is 54.8 Å². The second-order valence-electron chi connectivity index (χ2n) is 6.59. The molecule has 5 heteroatoms. The van der Waals surface area contributed by atoms with Crippen molar-refractivity contribution in [2.24, 2.45) is 0 Å². The number of nitrogens with zero attached hydrogens (tertiary/aromatic N) is 2. The number of piperazine rings is 1. The number of likely N-dealkylation sites (N-methyl/N-ethyl adjacent to an activating group) is 1. The van der Waals surface area contributed by atoms with Crippen LogP contribution in [0.15, 0.2) is 53.4 Å². The summed E-state index contributed by atoms with van der Waals surface area (Å²) in [4.78, 5) is 18.5. The van der Waals surface area contributed by atoms with Crippen LogP contribution in [-0.4, -0.2) is 54.7 Å². The fourth-order valence-corrected chi connectivity index (χ4v) is 3.57. The van der Waals surface area contributed by atoms with Gasteiger partial charge in [0, 0.05) is 48.9 Å². The molecule has 1 fully saturated rings. The third-order valence-corrected chi connectivity index (χ3v) is 5.63. The Hall–Kier alpha value is -1.82. The molecule has 0 unspecified atom stereocenters. The molecule has 0 aromatic heterocycles. The van der Waals surface area contributed by atoms with E-state index in [4.69, 9.17) is 0 Å². The topological polar surface area (TPSA) is 35.6 Å². The van der Waals surface area contributed by atoms with E-state index in [1.54, 1.807) is 11.8 Å². The normalized spacial score (nSPS) is 15.8. The molecular formula is C21H27N3OS.